The Morgan fingerprint density at radius 3 is 2.90 bits per heavy atom. The fourth-order valence-corrected chi connectivity index (χ4v) is 2.70. The maximum atomic E-state index is 13.1. The Morgan fingerprint density at radius 1 is 1.55 bits per heavy atom. The van der Waals surface area contributed by atoms with E-state index in [2.05, 4.69) is 36.7 Å². The molecule has 1 aromatic rings. The van der Waals surface area contributed by atoms with Crippen LogP contribution in [0.3, 0.4) is 0 Å². The molecule has 0 spiro atoms. The predicted octanol–water partition coefficient (Wildman–Crippen LogP) is 2.57. The van der Waals surface area contributed by atoms with E-state index in [9.17, 15) is 9.18 Å². The molecule has 0 aliphatic carbocycles. The van der Waals surface area contributed by atoms with Crippen molar-refractivity contribution >= 4 is 18.5 Å². The minimum atomic E-state index is -0.409. The number of hydrogen-bond donors (Lipinski definition) is 2. The van der Waals surface area contributed by atoms with Crippen molar-refractivity contribution in [2.45, 2.75) is 31.2 Å². The van der Waals surface area contributed by atoms with Crippen molar-refractivity contribution in [3.8, 4) is 0 Å². The minimum absolute atomic E-state index is 0.164. The van der Waals surface area contributed by atoms with Gasteiger partial charge in [0, 0.05) is 29.6 Å². The Balaban J connectivity index is 1.85. The van der Waals surface area contributed by atoms with E-state index in [1.165, 1.54) is 18.2 Å². The molecule has 1 unspecified atom stereocenters. The molecule has 1 amide bonds. The molecule has 0 radical (unpaired) electrons. The van der Waals surface area contributed by atoms with Crippen molar-refractivity contribution in [2.24, 2.45) is 5.92 Å². The third-order valence-electron chi connectivity index (χ3n) is 3.81. The van der Waals surface area contributed by atoms with Crippen LogP contribution >= 0.6 is 12.6 Å². The first-order valence-corrected chi connectivity index (χ1v) is 7.43. The summed E-state index contributed by atoms with van der Waals surface area (Å²) in [5, 5.41) is 2.93. The summed E-state index contributed by atoms with van der Waals surface area (Å²) < 4.78 is 13.1. The van der Waals surface area contributed by atoms with Crippen LogP contribution in [0.1, 0.15) is 30.6 Å². The first-order valence-electron chi connectivity index (χ1n) is 6.98. The molecule has 1 fully saturated rings. The van der Waals surface area contributed by atoms with Crippen LogP contribution < -0.4 is 5.32 Å². The number of thiol groups is 1. The van der Waals surface area contributed by atoms with Gasteiger partial charge in [0.1, 0.15) is 5.82 Å². The molecule has 0 aromatic heterocycles. The van der Waals surface area contributed by atoms with Gasteiger partial charge in [0.15, 0.2) is 0 Å². The van der Waals surface area contributed by atoms with Crippen LogP contribution in [0.15, 0.2) is 23.1 Å². The average Bonchev–Trinajstić information content (AvgIpc) is 2.88. The van der Waals surface area contributed by atoms with E-state index in [4.69, 9.17) is 0 Å². The third-order valence-corrected chi connectivity index (χ3v) is 4.15. The van der Waals surface area contributed by atoms with Gasteiger partial charge in [-0.05, 0) is 50.9 Å². The van der Waals surface area contributed by atoms with Crippen LogP contribution in [0.2, 0.25) is 0 Å². The number of nitrogens with zero attached hydrogens (tertiary/aromatic N) is 1. The van der Waals surface area contributed by atoms with Gasteiger partial charge in [-0.15, -0.1) is 12.6 Å². The standard InChI is InChI=1S/C15H21FN2OS/c1-10(2)18-6-5-11(9-18)8-17-15(19)12-3-4-13(16)14(20)7-12/h3-4,7,10-11,20H,5-6,8-9H2,1-2H3,(H,17,19). The molecule has 1 saturated heterocycles. The monoisotopic (exact) mass is 296 g/mol. The van der Waals surface area contributed by atoms with Gasteiger partial charge in [0.25, 0.3) is 5.91 Å². The van der Waals surface area contributed by atoms with Gasteiger partial charge in [-0.3, -0.25) is 4.79 Å². The first-order chi connectivity index (χ1) is 9.47. The van der Waals surface area contributed by atoms with Crippen molar-refractivity contribution < 1.29 is 9.18 Å². The number of amides is 1. The largest absolute Gasteiger partial charge is 0.352 e. The molecule has 1 heterocycles. The van der Waals surface area contributed by atoms with E-state index < -0.39 is 5.82 Å². The van der Waals surface area contributed by atoms with Crippen LogP contribution in [0.25, 0.3) is 0 Å². The summed E-state index contributed by atoms with van der Waals surface area (Å²) in [7, 11) is 0. The lowest BCUT2D eigenvalue weighted by Gasteiger charge is -2.20. The van der Waals surface area contributed by atoms with E-state index in [1.54, 1.807) is 0 Å². The molecule has 3 nitrogen and oxygen atoms in total. The molecule has 1 aliphatic rings. The smallest absolute Gasteiger partial charge is 0.251 e. The summed E-state index contributed by atoms with van der Waals surface area (Å²) in [6.07, 6.45) is 1.11. The first kappa shape index (κ1) is 15.3. The number of hydrogen-bond acceptors (Lipinski definition) is 3. The van der Waals surface area contributed by atoms with Crippen molar-refractivity contribution in [1.82, 2.24) is 10.2 Å². The van der Waals surface area contributed by atoms with E-state index in [0.29, 0.717) is 24.1 Å². The summed E-state index contributed by atoms with van der Waals surface area (Å²) >= 11 is 3.99. The number of carbonyl (C=O) groups excluding carboxylic acids is 1. The Hall–Kier alpha value is -1.07. The molecule has 1 aromatic carbocycles. The number of nitrogens with one attached hydrogen (secondary N) is 1. The average molecular weight is 296 g/mol. The lowest BCUT2D eigenvalue weighted by atomic mass is 10.1. The van der Waals surface area contributed by atoms with E-state index in [1.807, 2.05) is 0 Å². The zero-order chi connectivity index (χ0) is 14.7. The Labute approximate surface area is 125 Å². The number of halogens is 1. The lowest BCUT2D eigenvalue weighted by Crippen LogP contribution is -2.33. The highest BCUT2D eigenvalue weighted by Crippen LogP contribution is 2.18. The number of rotatable bonds is 4. The van der Waals surface area contributed by atoms with E-state index in [-0.39, 0.29) is 10.8 Å². The van der Waals surface area contributed by atoms with Crippen LogP contribution in [0.5, 0.6) is 0 Å². The summed E-state index contributed by atoms with van der Waals surface area (Å²) in [4.78, 5) is 14.6. The number of benzene rings is 1. The highest BCUT2D eigenvalue weighted by molar-refractivity contribution is 7.80. The quantitative estimate of drug-likeness (QED) is 0.837. The maximum Gasteiger partial charge on any atom is 0.251 e. The van der Waals surface area contributed by atoms with Gasteiger partial charge in [-0.2, -0.15) is 0 Å². The molecule has 1 N–H and O–H groups in total. The lowest BCUT2D eigenvalue weighted by molar-refractivity contribution is 0.0947. The van der Waals surface area contributed by atoms with Gasteiger partial charge >= 0.3 is 0 Å². The van der Waals surface area contributed by atoms with Crippen molar-refractivity contribution in [3.05, 3.63) is 29.6 Å². The summed E-state index contributed by atoms with van der Waals surface area (Å²) in [6.45, 7) is 7.16. The van der Waals surface area contributed by atoms with Gasteiger partial charge in [-0.25, -0.2) is 4.39 Å². The highest BCUT2D eigenvalue weighted by Gasteiger charge is 2.24. The van der Waals surface area contributed by atoms with E-state index >= 15 is 0 Å². The second-order valence-electron chi connectivity index (χ2n) is 5.62. The van der Waals surface area contributed by atoms with Crippen molar-refractivity contribution in [1.29, 1.82) is 0 Å². The molecule has 5 heteroatoms. The van der Waals surface area contributed by atoms with Gasteiger partial charge in [-0.1, -0.05) is 0 Å². The number of carbonyl (C=O) groups is 1. The minimum Gasteiger partial charge on any atom is -0.352 e. The van der Waals surface area contributed by atoms with Crippen LogP contribution in [0.4, 0.5) is 4.39 Å². The molecule has 0 saturated carbocycles. The molecular weight excluding hydrogens is 275 g/mol. The predicted molar refractivity (Wildman–Crippen MR) is 80.8 cm³/mol. The fraction of sp³-hybridized carbons (Fsp3) is 0.533. The van der Waals surface area contributed by atoms with Gasteiger partial charge in [0.05, 0.1) is 0 Å². The zero-order valence-corrected chi connectivity index (χ0v) is 12.8. The highest BCUT2D eigenvalue weighted by atomic mass is 32.1. The van der Waals surface area contributed by atoms with Gasteiger partial charge < -0.3 is 10.2 Å². The SMILES string of the molecule is CC(C)N1CCC(CNC(=O)c2ccc(F)c(S)c2)C1. The van der Waals surface area contributed by atoms with Crippen molar-refractivity contribution in [3.63, 3.8) is 0 Å². The molecule has 1 atom stereocenters. The zero-order valence-electron chi connectivity index (χ0n) is 11.9. The normalized spacial score (nSPS) is 19.6. The second kappa shape index (κ2) is 6.59. The van der Waals surface area contributed by atoms with Crippen molar-refractivity contribution in [2.75, 3.05) is 19.6 Å². The summed E-state index contributed by atoms with van der Waals surface area (Å²) in [6, 6.07) is 4.77. The van der Waals surface area contributed by atoms with E-state index in [0.717, 1.165) is 19.5 Å². The summed E-state index contributed by atoms with van der Waals surface area (Å²) in [5.41, 5.74) is 0.454. The molecule has 0 bridgehead atoms. The summed E-state index contributed by atoms with van der Waals surface area (Å²) in [5.74, 6) is -0.0752. The molecule has 20 heavy (non-hydrogen) atoms. The maximum absolute atomic E-state index is 13.1. The topological polar surface area (TPSA) is 32.3 Å². The van der Waals surface area contributed by atoms with Gasteiger partial charge in [0.2, 0.25) is 0 Å². The fourth-order valence-electron chi connectivity index (χ4n) is 2.49. The Bertz CT molecular complexity index is 493. The second-order valence-corrected chi connectivity index (χ2v) is 6.10. The molecular formula is C15H21FN2OS. The van der Waals surface area contributed by atoms with Crippen LogP contribution in [-0.2, 0) is 0 Å². The van der Waals surface area contributed by atoms with Crippen LogP contribution in [-0.4, -0.2) is 36.5 Å². The van der Waals surface area contributed by atoms with Crippen LogP contribution in [0, 0.1) is 11.7 Å². The Kier molecular flexibility index (Phi) is 5.05. The number of likely N-dealkylation sites (tertiary alicyclic amines) is 1. The Morgan fingerprint density at radius 2 is 2.30 bits per heavy atom. The molecule has 2 rings (SSSR count). The third kappa shape index (κ3) is 3.73. The molecule has 1 aliphatic heterocycles. The molecule has 110 valence electrons.